The maximum Gasteiger partial charge on any atom is 0.253 e. The number of rotatable bonds is 6. The second kappa shape index (κ2) is 11.3. The molecule has 200 valence electrons. The number of carbonyl (C=O) groups excluding carboxylic acids is 1. The molecule has 1 amide bonds. The Morgan fingerprint density at radius 2 is 1.55 bits per heavy atom. The fraction of sp³-hybridized carbons (Fsp3) is 0.414. The standard InChI is InChI=1S/C29H36N6O3/c1-21-4-7-25(18-22(21)2)33-12-10-32(11-13-33)20-24-19-27(36)31-29(30-24)35-16-14-34(15-17-35)28(37)23-5-8-26(38-3)9-6-23/h4-9,18-19H,10-17,20H2,1-3H3,(H,30,31,36). The van der Waals surface area contributed by atoms with Crippen molar-refractivity contribution in [1.82, 2.24) is 19.8 Å². The number of amides is 1. The molecule has 0 atom stereocenters. The van der Waals surface area contributed by atoms with Crippen molar-refractivity contribution >= 4 is 17.5 Å². The first-order chi connectivity index (χ1) is 18.4. The van der Waals surface area contributed by atoms with Crippen molar-refractivity contribution in [3.05, 3.63) is 81.3 Å². The van der Waals surface area contributed by atoms with E-state index in [4.69, 9.17) is 9.72 Å². The molecule has 1 aromatic heterocycles. The van der Waals surface area contributed by atoms with Crippen LogP contribution >= 0.6 is 0 Å². The number of methoxy groups -OCH3 is 1. The molecule has 38 heavy (non-hydrogen) atoms. The lowest BCUT2D eigenvalue weighted by Gasteiger charge is -2.36. The summed E-state index contributed by atoms with van der Waals surface area (Å²) in [7, 11) is 1.61. The van der Waals surface area contributed by atoms with Crippen molar-refractivity contribution in [3.63, 3.8) is 0 Å². The zero-order valence-electron chi connectivity index (χ0n) is 22.4. The number of nitrogens with one attached hydrogen (secondary N) is 1. The Morgan fingerprint density at radius 3 is 2.21 bits per heavy atom. The summed E-state index contributed by atoms with van der Waals surface area (Å²) >= 11 is 0. The van der Waals surface area contributed by atoms with Crippen LogP contribution in [0.4, 0.5) is 11.6 Å². The van der Waals surface area contributed by atoms with Gasteiger partial charge in [0.1, 0.15) is 5.75 Å². The minimum Gasteiger partial charge on any atom is -0.497 e. The quantitative estimate of drug-likeness (QED) is 0.539. The van der Waals surface area contributed by atoms with E-state index in [0.29, 0.717) is 44.2 Å². The fourth-order valence-electron chi connectivity index (χ4n) is 5.08. The van der Waals surface area contributed by atoms with Crippen LogP contribution in [0.25, 0.3) is 0 Å². The first kappa shape index (κ1) is 25.8. The molecule has 0 aliphatic carbocycles. The summed E-state index contributed by atoms with van der Waals surface area (Å²) in [5, 5.41) is 0. The first-order valence-corrected chi connectivity index (χ1v) is 13.2. The summed E-state index contributed by atoms with van der Waals surface area (Å²) in [6.45, 7) is 11.0. The number of piperazine rings is 2. The number of aromatic nitrogens is 2. The molecular formula is C29H36N6O3. The van der Waals surface area contributed by atoms with Gasteiger partial charge in [0.15, 0.2) is 0 Å². The topological polar surface area (TPSA) is 85.0 Å². The fourth-order valence-corrected chi connectivity index (χ4v) is 5.08. The number of aryl methyl sites for hydroxylation is 2. The van der Waals surface area contributed by atoms with Crippen molar-refractivity contribution in [2.24, 2.45) is 0 Å². The number of hydrogen-bond donors (Lipinski definition) is 1. The van der Waals surface area contributed by atoms with Crippen LogP contribution in [0.15, 0.2) is 53.3 Å². The van der Waals surface area contributed by atoms with E-state index >= 15 is 0 Å². The van der Waals surface area contributed by atoms with E-state index in [9.17, 15) is 9.59 Å². The lowest BCUT2D eigenvalue weighted by molar-refractivity contribution is 0.0746. The van der Waals surface area contributed by atoms with Gasteiger partial charge in [0.25, 0.3) is 11.5 Å². The molecule has 0 unspecified atom stereocenters. The van der Waals surface area contributed by atoms with Crippen LogP contribution in [0, 0.1) is 13.8 Å². The van der Waals surface area contributed by atoms with Crippen LogP contribution in [-0.2, 0) is 6.54 Å². The van der Waals surface area contributed by atoms with Gasteiger partial charge in [-0.3, -0.25) is 19.5 Å². The Balaban J connectivity index is 1.16. The van der Waals surface area contributed by atoms with Crippen LogP contribution in [0.1, 0.15) is 27.2 Å². The minimum atomic E-state index is -0.143. The number of carbonyl (C=O) groups is 1. The Morgan fingerprint density at radius 1 is 0.868 bits per heavy atom. The molecule has 0 spiro atoms. The normalized spacial score (nSPS) is 16.6. The molecule has 0 bridgehead atoms. The molecule has 2 aliphatic rings. The van der Waals surface area contributed by atoms with Crippen molar-refractivity contribution in [3.8, 4) is 5.75 Å². The molecule has 5 rings (SSSR count). The van der Waals surface area contributed by atoms with Crippen molar-refractivity contribution in [2.45, 2.75) is 20.4 Å². The van der Waals surface area contributed by atoms with Crippen molar-refractivity contribution in [1.29, 1.82) is 0 Å². The maximum absolute atomic E-state index is 12.9. The van der Waals surface area contributed by atoms with E-state index in [2.05, 4.69) is 51.7 Å². The number of anilines is 2. The third-order valence-electron chi connectivity index (χ3n) is 7.60. The van der Waals surface area contributed by atoms with Gasteiger partial charge in [-0.25, -0.2) is 4.98 Å². The van der Waals surface area contributed by atoms with E-state index in [1.807, 2.05) is 4.90 Å². The highest BCUT2D eigenvalue weighted by atomic mass is 16.5. The van der Waals surface area contributed by atoms with Gasteiger partial charge in [0, 0.05) is 76.2 Å². The van der Waals surface area contributed by atoms with Crippen LogP contribution in [-0.4, -0.2) is 85.1 Å². The Bertz CT molecular complexity index is 1320. The van der Waals surface area contributed by atoms with Gasteiger partial charge >= 0.3 is 0 Å². The summed E-state index contributed by atoms with van der Waals surface area (Å²) < 4.78 is 5.18. The second-order valence-corrected chi connectivity index (χ2v) is 10.1. The molecule has 0 saturated carbocycles. The maximum atomic E-state index is 12.9. The van der Waals surface area contributed by atoms with Gasteiger partial charge in [0.2, 0.25) is 5.95 Å². The van der Waals surface area contributed by atoms with Crippen LogP contribution in [0.3, 0.4) is 0 Å². The Labute approximate surface area is 223 Å². The van der Waals surface area contributed by atoms with Crippen molar-refractivity contribution in [2.75, 3.05) is 69.3 Å². The smallest absolute Gasteiger partial charge is 0.253 e. The van der Waals surface area contributed by atoms with Crippen LogP contribution < -0.4 is 20.1 Å². The predicted octanol–water partition coefficient (Wildman–Crippen LogP) is 2.68. The molecular weight excluding hydrogens is 480 g/mol. The van der Waals surface area contributed by atoms with Gasteiger partial charge in [0.05, 0.1) is 12.8 Å². The third-order valence-corrected chi connectivity index (χ3v) is 7.60. The highest BCUT2D eigenvalue weighted by Gasteiger charge is 2.24. The number of aromatic amines is 1. The Hall–Kier alpha value is -3.85. The lowest BCUT2D eigenvalue weighted by atomic mass is 10.1. The molecule has 2 fully saturated rings. The second-order valence-electron chi connectivity index (χ2n) is 10.1. The summed E-state index contributed by atoms with van der Waals surface area (Å²) in [5.41, 5.74) is 5.18. The largest absolute Gasteiger partial charge is 0.497 e. The van der Waals surface area contributed by atoms with Gasteiger partial charge in [-0.1, -0.05) is 6.07 Å². The molecule has 9 heteroatoms. The highest BCUT2D eigenvalue weighted by molar-refractivity contribution is 5.94. The lowest BCUT2D eigenvalue weighted by Crippen LogP contribution is -2.49. The first-order valence-electron chi connectivity index (χ1n) is 13.2. The summed E-state index contributed by atoms with van der Waals surface area (Å²) in [6.07, 6.45) is 0. The number of ether oxygens (including phenoxy) is 1. The molecule has 2 aliphatic heterocycles. The number of hydrogen-bond acceptors (Lipinski definition) is 7. The van der Waals surface area contributed by atoms with E-state index in [-0.39, 0.29) is 11.5 Å². The van der Waals surface area contributed by atoms with E-state index < -0.39 is 0 Å². The number of benzene rings is 2. The van der Waals surface area contributed by atoms with Gasteiger partial charge in [-0.2, -0.15) is 0 Å². The minimum absolute atomic E-state index is 0.00227. The molecule has 2 aromatic carbocycles. The SMILES string of the molecule is COc1ccc(C(=O)N2CCN(c3nc(CN4CCN(c5ccc(C)c(C)c5)CC4)cc(=O)[nH]3)CC2)cc1. The monoisotopic (exact) mass is 516 g/mol. The van der Waals surface area contributed by atoms with Crippen LogP contribution in [0.2, 0.25) is 0 Å². The number of nitrogens with zero attached hydrogens (tertiary/aromatic N) is 5. The molecule has 0 radical (unpaired) electrons. The molecule has 2 saturated heterocycles. The molecule has 3 heterocycles. The van der Waals surface area contributed by atoms with Gasteiger partial charge < -0.3 is 19.4 Å². The Kier molecular flexibility index (Phi) is 7.64. The van der Waals surface area contributed by atoms with E-state index in [0.717, 1.165) is 37.6 Å². The summed E-state index contributed by atoms with van der Waals surface area (Å²) in [4.78, 5) is 41.7. The zero-order chi connectivity index (χ0) is 26.6. The molecule has 3 aromatic rings. The van der Waals surface area contributed by atoms with E-state index in [1.54, 1.807) is 37.4 Å². The molecule has 9 nitrogen and oxygen atoms in total. The average molecular weight is 517 g/mol. The van der Waals surface area contributed by atoms with Gasteiger partial charge in [-0.15, -0.1) is 0 Å². The average Bonchev–Trinajstić information content (AvgIpc) is 2.94. The zero-order valence-corrected chi connectivity index (χ0v) is 22.4. The van der Waals surface area contributed by atoms with Gasteiger partial charge in [-0.05, 0) is 61.4 Å². The van der Waals surface area contributed by atoms with Crippen LogP contribution in [0.5, 0.6) is 5.75 Å². The highest BCUT2D eigenvalue weighted by Crippen LogP contribution is 2.21. The third kappa shape index (κ3) is 5.83. The number of H-pyrrole nitrogens is 1. The summed E-state index contributed by atoms with van der Waals surface area (Å²) in [5.74, 6) is 1.31. The van der Waals surface area contributed by atoms with Crippen molar-refractivity contribution < 1.29 is 9.53 Å². The summed E-state index contributed by atoms with van der Waals surface area (Å²) in [6, 6.07) is 15.4. The predicted molar refractivity (Wildman–Crippen MR) is 149 cm³/mol. The molecule has 1 N–H and O–H groups in total. The van der Waals surface area contributed by atoms with E-state index in [1.165, 1.54) is 16.8 Å².